The van der Waals surface area contributed by atoms with Crippen LogP contribution in [-0.4, -0.2) is 24.5 Å². The summed E-state index contributed by atoms with van der Waals surface area (Å²) in [4.78, 5) is 0. The van der Waals surface area contributed by atoms with Crippen LogP contribution in [0.15, 0.2) is 36.5 Å². The van der Waals surface area contributed by atoms with Crippen LogP contribution >= 0.6 is 12.2 Å². The van der Waals surface area contributed by atoms with Crippen LogP contribution in [0.2, 0.25) is 0 Å². The molecule has 0 unspecified atom stereocenters. The summed E-state index contributed by atoms with van der Waals surface area (Å²) in [6.07, 6.45) is 1.95. The Morgan fingerprint density at radius 1 is 1.16 bits per heavy atom. The lowest BCUT2D eigenvalue weighted by Crippen LogP contribution is -1.93. The third kappa shape index (κ3) is 2.00. The summed E-state index contributed by atoms with van der Waals surface area (Å²) in [5.41, 5.74) is 2.93. The second-order valence-corrected chi connectivity index (χ2v) is 4.73. The smallest absolute Gasteiger partial charge is 0.195 e. The van der Waals surface area contributed by atoms with Crippen molar-refractivity contribution in [3.05, 3.63) is 41.3 Å². The van der Waals surface area contributed by atoms with E-state index in [1.807, 2.05) is 55.2 Å². The molecule has 19 heavy (non-hydrogen) atoms. The van der Waals surface area contributed by atoms with Crippen LogP contribution in [0, 0.1) is 4.77 Å². The zero-order chi connectivity index (χ0) is 13.4. The molecular weight excluding hydrogens is 258 g/mol. The molecule has 0 fully saturated rings. The normalized spacial score (nSPS) is 10.8. The highest BCUT2D eigenvalue weighted by molar-refractivity contribution is 7.71. The number of nitrogens with one attached hydrogen (secondary N) is 1. The molecule has 1 aromatic carbocycles. The molecule has 1 N–H and O–H groups in total. The maximum absolute atomic E-state index is 5.16. The minimum absolute atomic E-state index is 0.595. The number of H-pyrrole nitrogens is 1. The molecule has 2 aromatic heterocycles. The Morgan fingerprint density at radius 3 is 2.53 bits per heavy atom. The van der Waals surface area contributed by atoms with E-state index in [1.54, 1.807) is 4.68 Å². The lowest BCUT2D eigenvalue weighted by atomic mass is 10.1. The van der Waals surface area contributed by atoms with Gasteiger partial charge in [0.25, 0.3) is 0 Å². The fourth-order valence-corrected chi connectivity index (χ4v) is 2.18. The number of aromatic nitrogens is 5. The Kier molecular flexibility index (Phi) is 2.79. The molecule has 0 aliphatic heterocycles. The molecule has 0 atom stereocenters. The number of benzene rings is 1. The predicted octanol–water partition coefficient (Wildman–Crippen LogP) is 2.55. The van der Waals surface area contributed by atoms with Crippen LogP contribution in [0.1, 0.15) is 0 Å². The fourth-order valence-electron chi connectivity index (χ4n) is 2.05. The van der Waals surface area contributed by atoms with E-state index in [9.17, 15) is 0 Å². The van der Waals surface area contributed by atoms with Gasteiger partial charge >= 0.3 is 0 Å². The van der Waals surface area contributed by atoms with Crippen molar-refractivity contribution >= 4 is 12.2 Å². The SMILES string of the molecule is Cn1cc(-c2n[nH]c(=S)n2C)c(-c2ccccc2)n1. The molecule has 3 rings (SSSR count). The molecule has 0 spiro atoms. The van der Waals surface area contributed by atoms with Gasteiger partial charge in [-0.15, -0.1) is 0 Å². The van der Waals surface area contributed by atoms with Crippen molar-refractivity contribution in [2.75, 3.05) is 0 Å². The maximum atomic E-state index is 5.16. The molecule has 0 bridgehead atoms. The number of rotatable bonds is 2. The van der Waals surface area contributed by atoms with Crippen molar-refractivity contribution in [2.24, 2.45) is 14.1 Å². The summed E-state index contributed by atoms with van der Waals surface area (Å²) in [5.74, 6) is 0.789. The molecule has 0 aliphatic rings. The number of hydrogen-bond acceptors (Lipinski definition) is 3. The Balaban J connectivity index is 2.23. The molecule has 0 aliphatic carbocycles. The van der Waals surface area contributed by atoms with Crippen LogP contribution < -0.4 is 0 Å². The standard InChI is InChI=1S/C13H13N5S/c1-17-8-10(12-14-15-13(19)18(12)2)11(16-17)9-6-4-3-5-7-9/h3-8H,1-2H3,(H,15,19). The summed E-state index contributed by atoms with van der Waals surface area (Å²) < 4.78 is 4.23. The third-order valence-electron chi connectivity index (χ3n) is 3.00. The summed E-state index contributed by atoms with van der Waals surface area (Å²) in [6.45, 7) is 0. The summed E-state index contributed by atoms with van der Waals surface area (Å²) in [6, 6.07) is 10.1. The zero-order valence-corrected chi connectivity index (χ0v) is 11.5. The average Bonchev–Trinajstić information content (AvgIpc) is 2.95. The second-order valence-electron chi connectivity index (χ2n) is 4.34. The van der Waals surface area contributed by atoms with Crippen LogP contribution in [0.5, 0.6) is 0 Å². The topological polar surface area (TPSA) is 51.4 Å². The molecule has 0 saturated heterocycles. The van der Waals surface area contributed by atoms with E-state index in [0.29, 0.717) is 4.77 Å². The molecule has 0 radical (unpaired) electrons. The molecule has 2 heterocycles. The van der Waals surface area contributed by atoms with E-state index in [1.165, 1.54) is 0 Å². The highest BCUT2D eigenvalue weighted by Gasteiger charge is 2.16. The highest BCUT2D eigenvalue weighted by atomic mass is 32.1. The Morgan fingerprint density at radius 2 is 1.89 bits per heavy atom. The Labute approximate surface area is 115 Å². The van der Waals surface area contributed by atoms with Gasteiger partial charge in [0.05, 0.1) is 5.56 Å². The minimum Gasteiger partial charge on any atom is -0.303 e. The van der Waals surface area contributed by atoms with Crippen LogP contribution in [-0.2, 0) is 14.1 Å². The van der Waals surface area contributed by atoms with Crippen molar-refractivity contribution in [1.29, 1.82) is 0 Å². The van der Waals surface area contributed by atoms with Crippen molar-refractivity contribution in [3.8, 4) is 22.6 Å². The van der Waals surface area contributed by atoms with Crippen molar-refractivity contribution in [2.45, 2.75) is 0 Å². The first kappa shape index (κ1) is 11.9. The first-order valence-corrected chi connectivity index (χ1v) is 6.28. The van der Waals surface area contributed by atoms with Crippen molar-refractivity contribution < 1.29 is 0 Å². The van der Waals surface area contributed by atoms with Gasteiger partial charge in [0.15, 0.2) is 10.6 Å². The van der Waals surface area contributed by atoms with E-state index in [2.05, 4.69) is 15.3 Å². The largest absolute Gasteiger partial charge is 0.303 e. The monoisotopic (exact) mass is 271 g/mol. The molecule has 0 amide bonds. The number of nitrogens with zero attached hydrogens (tertiary/aromatic N) is 4. The quantitative estimate of drug-likeness (QED) is 0.729. The zero-order valence-electron chi connectivity index (χ0n) is 10.7. The van der Waals surface area contributed by atoms with Gasteiger partial charge in [0.1, 0.15) is 5.69 Å². The van der Waals surface area contributed by atoms with E-state index < -0.39 is 0 Å². The Bertz CT molecular complexity index is 766. The van der Waals surface area contributed by atoms with E-state index in [4.69, 9.17) is 12.2 Å². The number of hydrogen-bond donors (Lipinski definition) is 1. The maximum Gasteiger partial charge on any atom is 0.195 e. The highest BCUT2D eigenvalue weighted by Crippen LogP contribution is 2.29. The third-order valence-corrected chi connectivity index (χ3v) is 3.36. The van der Waals surface area contributed by atoms with Crippen LogP contribution in [0.4, 0.5) is 0 Å². The van der Waals surface area contributed by atoms with Gasteiger partial charge in [-0.1, -0.05) is 30.3 Å². The number of aromatic amines is 1. The van der Waals surface area contributed by atoms with Crippen LogP contribution in [0.3, 0.4) is 0 Å². The molecule has 6 heteroatoms. The molecule has 3 aromatic rings. The second kappa shape index (κ2) is 4.47. The van der Waals surface area contributed by atoms with Gasteiger partial charge in [0.2, 0.25) is 0 Å². The fraction of sp³-hybridized carbons (Fsp3) is 0.154. The van der Waals surface area contributed by atoms with Gasteiger partial charge < -0.3 is 4.57 Å². The summed E-state index contributed by atoms with van der Waals surface area (Å²) in [5, 5.41) is 11.6. The Hall–Kier alpha value is -2.21. The van der Waals surface area contributed by atoms with Gasteiger partial charge in [-0.25, -0.2) is 0 Å². The first-order valence-electron chi connectivity index (χ1n) is 5.87. The van der Waals surface area contributed by atoms with Crippen molar-refractivity contribution in [3.63, 3.8) is 0 Å². The number of aryl methyl sites for hydroxylation is 1. The summed E-state index contributed by atoms with van der Waals surface area (Å²) >= 11 is 5.16. The first-order chi connectivity index (χ1) is 9.16. The van der Waals surface area contributed by atoms with E-state index >= 15 is 0 Å². The lowest BCUT2D eigenvalue weighted by Gasteiger charge is -2.01. The van der Waals surface area contributed by atoms with E-state index in [0.717, 1.165) is 22.6 Å². The average molecular weight is 271 g/mol. The van der Waals surface area contributed by atoms with Gasteiger partial charge in [-0.2, -0.15) is 10.2 Å². The lowest BCUT2D eigenvalue weighted by molar-refractivity contribution is 0.771. The van der Waals surface area contributed by atoms with Gasteiger partial charge in [-0.3, -0.25) is 9.78 Å². The van der Waals surface area contributed by atoms with E-state index in [-0.39, 0.29) is 0 Å². The van der Waals surface area contributed by atoms with Crippen LogP contribution in [0.25, 0.3) is 22.6 Å². The van der Waals surface area contributed by atoms with Gasteiger partial charge in [-0.05, 0) is 12.2 Å². The molecule has 0 saturated carbocycles. The minimum atomic E-state index is 0.595. The summed E-state index contributed by atoms with van der Waals surface area (Å²) in [7, 11) is 3.79. The molecule has 96 valence electrons. The molecular formula is C13H13N5S. The van der Waals surface area contributed by atoms with Crippen molar-refractivity contribution in [1.82, 2.24) is 24.5 Å². The predicted molar refractivity (Wildman–Crippen MR) is 76.0 cm³/mol. The van der Waals surface area contributed by atoms with Gasteiger partial charge in [0, 0.05) is 25.9 Å². The molecule has 5 nitrogen and oxygen atoms in total.